The number of hydrogen-bond donors (Lipinski definition) is 1. The lowest BCUT2D eigenvalue weighted by Crippen LogP contribution is -2.40. The van der Waals surface area contributed by atoms with Crippen molar-refractivity contribution in [3.8, 4) is 6.07 Å². The van der Waals surface area contributed by atoms with Crippen molar-refractivity contribution < 1.29 is 18.0 Å². The van der Waals surface area contributed by atoms with Gasteiger partial charge in [-0.25, -0.2) is 4.98 Å². The second kappa shape index (κ2) is 4.48. The van der Waals surface area contributed by atoms with Gasteiger partial charge in [0.05, 0.1) is 12.0 Å². The van der Waals surface area contributed by atoms with E-state index in [1.54, 1.807) is 0 Å². The summed E-state index contributed by atoms with van der Waals surface area (Å²) in [5.41, 5.74) is -1.79. The van der Waals surface area contributed by atoms with Gasteiger partial charge in [-0.3, -0.25) is 4.79 Å². The van der Waals surface area contributed by atoms with Crippen molar-refractivity contribution >= 4 is 5.91 Å². The average molecular weight is 298 g/mol. The first-order valence-electron chi connectivity index (χ1n) is 6.72. The SMILES string of the molecule is N#CC1(NC(=O)C2CCCn3cc(C(F)(F)F)nc32)CC1. The number of amides is 1. The van der Waals surface area contributed by atoms with Crippen LogP contribution in [0.4, 0.5) is 13.2 Å². The van der Waals surface area contributed by atoms with E-state index in [2.05, 4.69) is 10.3 Å². The molecule has 5 nitrogen and oxygen atoms in total. The zero-order valence-electron chi connectivity index (χ0n) is 11.1. The van der Waals surface area contributed by atoms with Gasteiger partial charge in [-0.15, -0.1) is 0 Å². The number of hydrogen-bond acceptors (Lipinski definition) is 3. The highest BCUT2D eigenvalue weighted by molar-refractivity contribution is 5.84. The molecule has 0 bridgehead atoms. The predicted octanol–water partition coefficient (Wildman–Crippen LogP) is 1.95. The minimum atomic E-state index is -4.52. The third kappa shape index (κ3) is 2.48. The first-order chi connectivity index (χ1) is 9.85. The number of alkyl halides is 3. The molecule has 1 amide bonds. The Labute approximate surface area is 118 Å². The molecule has 112 valence electrons. The van der Waals surface area contributed by atoms with E-state index in [1.807, 2.05) is 6.07 Å². The fraction of sp³-hybridized carbons (Fsp3) is 0.615. The Morgan fingerprint density at radius 3 is 2.81 bits per heavy atom. The van der Waals surface area contributed by atoms with Crippen LogP contribution >= 0.6 is 0 Å². The molecular formula is C13H13F3N4O. The molecule has 3 rings (SSSR count). The molecule has 1 fully saturated rings. The first-order valence-corrected chi connectivity index (χ1v) is 6.72. The number of carbonyl (C=O) groups is 1. The van der Waals surface area contributed by atoms with Gasteiger partial charge in [-0.1, -0.05) is 0 Å². The number of fused-ring (bicyclic) bond motifs is 1. The van der Waals surface area contributed by atoms with E-state index < -0.39 is 29.2 Å². The summed E-state index contributed by atoms with van der Waals surface area (Å²) >= 11 is 0. The largest absolute Gasteiger partial charge is 0.434 e. The van der Waals surface area contributed by atoms with Crippen LogP contribution in [0.25, 0.3) is 0 Å². The summed E-state index contributed by atoms with van der Waals surface area (Å²) in [6, 6.07) is 2.04. The van der Waals surface area contributed by atoms with Crippen molar-refractivity contribution in [3.05, 3.63) is 17.7 Å². The normalized spacial score (nSPS) is 23.0. The maximum Gasteiger partial charge on any atom is 0.434 e. The van der Waals surface area contributed by atoms with Crippen LogP contribution in [0, 0.1) is 11.3 Å². The second-order valence-corrected chi connectivity index (χ2v) is 5.55. The Kier molecular flexibility index (Phi) is 2.97. The third-order valence-corrected chi connectivity index (χ3v) is 3.94. The number of halogens is 3. The second-order valence-electron chi connectivity index (χ2n) is 5.55. The summed E-state index contributed by atoms with van der Waals surface area (Å²) in [5, 5.41) is 11.6. The molecule has 1 N–H and O–H groups in total. The maximum absolute atomic E-state index is 12.7. The highest BCUT2D eigenvalue weighted by Gasteiger charge is 2.46. The molecule has 1 aromatic rings. The third-order valence-electron chi connectivity index (χ3n) is 3.94. The van der Waals surface area contributed by atoms with Crippen LogP contribution in [0.2, 0.25) is 0 Å². The maximum atomic E-state index is 12.7. The fourth-order valence-corrected chi connectivity index (χ4v) is 2.58. The van der Waals surface area contributed by atoms with Crippen molar-refractivity contribution in [1.82, 2.24) is 14.9 Å². The molecule has 2 aliphatic rings. The van der Waals surface area contributed by atoms with Crippen molar-refractivity contribution in [2.45, 2.75) is 49.9 Å². The van der Waals surface area contributed by atoms with E-state index in [-0.39, 0.29) is 5.82 Å². The summed E-state index contributed by atoms with van der Waals surface area (Å²) in [4.78, 5) is 15.8. The van der Waals surface area contributed by atoms with Gasteiger partial charge in [0.2, 0.25) is 5.91 Å². The molecule has 0 radical (unpaired) electrons. The van der Waals surface area contributed by atoms with E-state index in [1.165, 1.54) is 4.57 Å². The zero-order chi connectivity index (χ0) is 15.3. The summed E-state index contributed by atoms with van der Waals surface area (Å²) < 4.78 is 39.5. The standard InChI is InChI=1S/C13H13F3N4O/c14-13(15,16)9-6-20-5-1-2-8(10(20)18-9)11(21)19-12(7-17)3-4-12/h6,8H,1-5H2,(H,19,21). The van der Waals surface area contributed by atoms with E-state index in [9.17, 15) is 18.0 Å². The van der Waals surface area contributed by atoms with Crippen LogP contribution < -0.4 is 5.32 Å². The number of aromatic nitrogens is 2. The molecule has 1 aromatic heterocycles. The van der Waals surface area contributed by atoms with Gasteiger partial charge in [0.25, 0.3) is 0 Å². The molecule has 1 aliphatic carbocycles. The van der Waals surface area contributed by atoms with E-state index in [0.29, 0.717) is 32.2 Å². The first kappa shape index (κ1) is 13.9. The van der Waals surface area contributed by atoms with Crippen molar-refractivity contribution in [1.29, 1.82) is 5.26 Å². The molecule has 0 saturated heterocycles. The molecular weight excluding hydrogens is 285 g/mol. The van der Waals surface area contributed by atoms with Crippen LogP contribution in [-0.2, 0) is 17.5 Å². The molecule has 1 aliphatic heterocycles. The Bertz CT molecular complexity index is 624. The van der Waals surface area contributed by atoms with E-state index >= 15 is 0 Å². The Morgan fingerprint density at radius 1 is 1.52 bits per heavy atom. The van der Waals surface area contributed by atoms with Crippen LogP contribution in [0.3, 0.4) is 0 Å². The summed E-state index contributed by atoms with van der Waals surface area (Å²) in [6.07, 6.45) is -1.34. The highest BCUT2D eigenvalue weighted by atomic mass is 19.4. The molecule has 2 heterocycles. The number of carbonyl (C=O) groups excluding carboxylic acids is 1. The quantitative estimate of drug-likeness (QED) is 0.907. The average Bonchev–Trinajstić information content (AvgIpc) is 3.04. The van der Waals surface area contributed by atoms with Gasteiger partial charge in [0.1, 0.15) is 11.4 Å². The molecule has 0 aromatic carbocycles. The highest BCUT2D eigenvalue weighted by Crippen LogP contribution is 2.37. The summed E-state index contributed by atoms with van der Waals surface area (Å²) in [6.45, 7) is 0.422. The molecule has 21 heavy (non-hydrogen) atoms. The number of nitrogens with one attached hydrogen (secondary N) is 1. The van der Waals surface area contributed by atoms with Gasteiger partial charge < -0.3 is 9.88 Å². The van der Waals surface area contributed by atoms with Crippen LogP contribution in [0.1, 0.15) is 43.1 Å². The molecule has 1 saturated carbocycles. The number of nitriles is 1. The van der Waals surface area contributed by atoms with Crippen LogP contribution in [-0.4, -0.2) is 21.0 Å². The van der Waals surface area contributed by atoms with Gasteiger partial charge in [-0.05, 0) is 25.7 Å². The number of nitrogens with zero attached hydrogens (tertiary/aromatic N) is 3. The molecule has 8 heteroatoms. The molecule has 1 atom stereocenters. The number of aryl methyl sites for hydroxylation is 1. The smallest absolute Gasteiger partial charge is 0.337 e. The zero-order valence-corrected chi connectivity index (χ0v) is 11.1. The minimum Gasteiger partial charge on any atom is -0.337 e. The van der Waals surface area contributed by atoms with Gasteiger partial charge in [-0.2, -0.15) is 18.4 Å². The molecule has 1 unspecified atom stereocenters. The van der Waals surface area contributed by atoms with E-state index in [4.69, 9.17) is 5.26 Å². The number of imidazole rings is 1. The van der Waals surface area contributed by atoms with E-state index in [0.717, 1.165) is 6.20 Å². The predicted molar refractivity (Wildman–Crippen MR) is 64.9 cm³/mol. The lowest BCUT2D eigenvalue weighted by Gasteiger charge is -2.23. The van der Waals surface area contributed by atoms with Gasteiger partial charge in [0.15, 0.2) is 5.69 Å². The molecule has 0 spiro atoms. The Balaban J connectivity index is 1.85. The Hall–Kier alpha value is -2.04. The van der Waals surface area contributed by atoms with Crippen molar-refractivity contribution in [3.63, 3.8) is 0 Å². The Morgan fingerprint density at radius 2 is 2.24 bits per heavy atom. The van der Waals surface area contributed by atoms with Crippen LogP contribution in [0.15, 0.2) is 6.20 Å². The van der Waals surface area contributed by atoms with Gasteiger partial charge in [0, 0.05) is 12.7 Å². The monoisotopic (exact) mass is 298 g/mol. The topological polar surface area (TPSA) is 70.7 Å². The summed E-state index contributed by atoms with van der Waals surface area (Å²) in [5.74, 6) is -0.991. The van der Waals surface area contributed by atoms with Crippen LogP contribution in [0.5, 0.6) is 0 Å². The summed E-state index contributed by atoms with van der Waals surface area (Å²) in [7, 11) is 0. The van der Waals surface area contributed by atoms with Gasteiger partial charge >= 0.3 is 6.18 Å². The fourth-order valence-electron chi connectivity index (χ4n) is 2.58. The lowest BCUT2D eigenvalue weighted by atomic mass is 9.97. The lowest BCUT2D eigenvalue weighted by molar-refractivity contribution is -0.141. The van der Waals surface area contributed by atoms with Crippen molar-refractivity contribution in [2.75, 3.05) is 0 Å². The number of rotatable bonds is 2. The van der Waals surface area contributed by atoms with Crippen molar-refractivity contribution in [2.24, 2.45) is 0 Å². The minimum absolute atomic E-state index is 0.139.